The highest BCUT2D eigenvalue weighted by atomic mass is 16.5. The first-order valence-electron chi connectivity index (χ1n) is 7.78. The molecule has 0 saturated heterocycles. The molecule has 118 valence electrons. The van der Waals surface area contributed by atoms with Gasteiger partial charge in [0, 0.05) is 13.0 Å². The normalized spacial score (nSPS) is 26.8. The number of ether oxygens (including phenoxy) is 2. The number of nitrogens with one attached hydrogen (secondary N) is 1. The molecule has 0 heterocycles. The quantitative estimate of drug-likeness (QED) is 0.731. The van der Waals surface area contributed by atoms with Gasteiger partial charge in [-0.2, -0.15) is 0 Å². The van der Waals surface area contributed by atoms with Gasteiger partial charge in [0.25, 0.3) is 0 Å². The summed E-state index contributed by atoms with van der Waals surface area (Å²) in [6, 6.07) is 0. The molecule has 20 heavy (non-hydrogen) atoms. The smallest absolute Gasteiger partial charge is 0.326 e. The van der Waals surface area contributed by atoms with Gasteiger partial charge in [-0.1, -0.05) is 27.7 Å². The Hall–Kier alpha value is -0.610. The Morgan fingerprint density at radius 2 is 2.10 bits per heavy atom. The molecule has 0 aliphatic heterocycles. The van der Waals surface area contributed by atoms with Crippen LogP contribution < -0.4 is 5.32 Å². The minimum atomic E-state index is -0.531. The number of methoxy groups -OCH3 is 1. The van der Waals surface area contributed by atoms with E-state index in [0.29, 0.717) is 5.41 Å². The Kier molecular flexibility index (Phi) is 6.46. The lowest BCUT2D eigenvalue weighted by Gasteiger charge is -2.28. The zero-order chi connectivity index (χ0) is 15.2. The minimum absolute atomic E-state index is 0.145. The van der Waals surface area contributed by atoms with Gasteiger partial charge in [-0.05, 0) is 37.6 Å². The van der Waals surface area contributed by atoms with Crippen molar-refractivity contribution in [2.75, 3.05) is 20.3 Å². The van der Waals surface area contributed by atoms with Crippen LogP contribution in [0.25, 0.3) is 0 Å². The second-order valence-electron chi connectivity index (χ2n) is 7.05. The number of hydrogen-bond acceptors (Lipinski definition) is 4. The van der Waals surface area contributed by atoms with Crippen LogP contribution in [0, 0.1) is 5.41 Å². The zero-order valence-corrected chi connectivity index (χ0v) is 13.8. The van der Waals surface area contributed by atoms with Crippen LogP contribution in [-0.4, -0.2) is 37.9 Å². The molecular formula is C16H31NO3. The molecule has 4 heteroatoms. The van der Waals surface area contributed by atoms with E-state index in [1.165, 1.54) is 7.11 Å². The van der Waals surface area contributed by atoms with E-state index in [-0.39, 0.29) is 12.1 Å². The number of rotatable bonds is 7. The highest BCUT2D eigenvalue weighted by Gasteiger charge is 2.46. The van der Waals surface area contributed by atoms with Crippen LogP contribution in [0.2, 0.25) is 0 Å². The van der Waals surface area contributed by atoms with Gasteiger partial charge in [-0.3, -0.25) is 4.79 Å². The molecule has 1 fully saturated rings. The monoisotopic (exact) mass is 285 g/mol. The standard InChI is InChI=1S/C16H31NO3/c1-6-10-17-16(14(18)19-5)8-7-13(12-16)20-11-9-15(2,3)4/h13,17H,6-12H2,1-5H3. The van der Waals surface area contributed by atoms with Crippen LogP contribution in [0.15, 0.2) is 0 Å². The van der Waals surface area contributed by atoms with Crippen molar-refractivity contribution in [1.29, 1.82) is 0 Å². The molecule has 2 unspecified atom stereocenters. The molecule has 1 aliphatic rings. The fraction of sp³-hybridized carbons (Fsp3) is 0.938. The summed E-state index contributed by atoms with van der Waals surface area (Å²) in [7, 11) is 1.46. The molecule has 0 spiro atoms. The largest absolute Gasteiger partial charge is 0.468 e. The van der Waals surface area contributed by atoms with Gasteiger partial charge < -0.3 is 14.8 Å². The summed E-state index contributed by atoms with van der Waals surface area (Å²) in [6.07, 6.45) is 4.67. The maximum absolute atomic E-state index is 12.1. The average Bonchev–Trinajstić information content (AvgIpc) is 2.79. The molecule has 0 radical (unpaired) electrons. The molecule has 1 N–H and O–H groups in total. The summed E-state index contributed by atoms with van der Waals surface area (Å²) in [5, 5.41) is 3.38. The Morgan fingerprint density at radius 1 is 1.40 bits per heavy atom. The maximum atomic E-state index is 12.1. The third kappa shape index (κ3) is 5.06. The summed E-state index contributed by atoms with van der Waals surface area (Å²) < 4.78 is 10.9. The lowest BCUT2D eigenvalue weighted by Crippen LogP contribution is -2.51. The van der Waals surface area contributed by atoms with Crippen molar-refractivity contribution in [2.45, 2.75) is 71.4 Å². The van der Waals surface area contributed by atoms with Crippen LogP contribution >= 0.6 is 0 Å². The predicted octanol–water partition coefficient (Wildman–Crippen LogP) is 2.90. The van der Waals surface area contributed by atoms with E-state index in [1.54, 1.807) is 0 Å². The second-order valence-corrected chi connectivity index (χ2v) is 7.05. The molecule has 2 atom stereocenters. The van der Waals surface area contributed by atoms with Crippen molar-refractivity contribution in [3.8, 4) is 0 Å². The Morgan fingerprint density at radius 3 is 2.65 bits per heavy atom. The second kappa shape index (κ2) is 7.41. The Labute approximate surface area is 123 Å². The average molecular weight is 285 g/mol. The van der Waals surface area contributed by atoms with Crippen molar-refractivity contribution < 1.29 is 14.3 Å². The van der Waals surface area contributed by atoms with E-state index in [0.717, 1.165) is 45.3 Å². The SMILES string of the molecule is CCCNC1(C(=O)OC)CCC(OCCC(C)(C)C)C1. The van der Waals surface area contributed by atoms with Gasteiger partial charge >= 0.3 is 5.97 Å². The number of hydrogen-bond donors (Lipinski definition) is 1. The first-order chi connectivity index (χ1) is 9.33. The van der Waals surface area contributed by atoms with Gasteiger partial charge in [0.2, 0.25) is 0 Å². The Bertz CT molecular complexity index is 311. The van der Waals surface area contributed by atoms with Crippen LogP contribution in [0.5, 0.6) is 0 Å². The van der Waals surface area contributed by atoms with E-state index in [2.05, 4.69) is 33.0 Å². The molecular weight excluding hydrogens is 254 g/mol. The molecule has 0 aromatic carbocycles. The molecule has 0 aromatic rings. The van der Waals surface area contributed by atoms with Crippen molar-refractivity contribution >= 4 is 5.97 Å². The molecule has 4 nitrogen and oxygen atoms in total. The first-order valence-corrected chi connectivity index (χ1v) is 7.78. The van der Waals surface area contributed by atoms with Crippen molar-refractivity contribution in [1.82, 2.24) is 5.32 Å². The van der Waals surface area contributed by atoms with Crippen molar-refractivity contribution in [3.63, 3.8) is 0 Å². The van der Waals surface area contributed by atoms with E-state index >= 15 is 0 Å². The number of carbonyl (C=O) groups is 1. The summed E-state index contributed by atoms with van der Waals surface area (Å²) >= 11 is 0. The van der Waals surface area contributed by atoms with Crippen molar-refractivity contribution in [2.24, 2.45) is 5.41 Å². The van der Waals surface area contributed by atoms with E-state index in [4.69, 9.17) is 9.47 Å². The van der Waals surface area contributed by atoms with Crippen LogP contribution in [0.3, 0.4) is 0 Å². The zero-order valence-electron chi connectivity index (χ0n) is 13.8. The van der Waals surface area contributed by atoms with Crippen LogP contribution in [-0.2, 0) is 14.3 Å². The molecule has 1 aliphatic carbocycles. The van der Waals surface area contributed by atoms with Gasteiger partial charge in [0.1, 0.15) is 5.54 Å². The number of esters is 1. The summed E-state index contributed by atoms with van der Waals surface area (Å²) in [6.45, 7) is 10.3. The molecule has 0 amide bonds. The maximum Gasteiger partial charge on any atom is 0.326 e. The van der Waals surface area contributed by atoms with Crippen LogP contribution in [0.1, 0.15) is 59.8 Å². The summed E-state index contributed by atoms with van der Waals surface area (Å²) in [4.78, 5) is 12.1. The molecule has 0 bridgehead atoms. The lowest BCUT2D eigenvalue weighted by molar-refractivity contribution is -0.149. The molecule has 0 aromatic heterocycles. The van der Waals surface area contributed by atoms with Crippen LogP contribution in [0.4, 0.5) is 0 Å². The lowest BCUT2D eigenvalue weighted by atomic mass is 9.93. The Balaban J connectivity index is 2.50. The molecule has 1 rings (SSSR count). The van der Waals surface area contributed by atoms with Gasteiger partial charge in [-0.15, -0.1) is 0 Å². The van der Waals surface area contributed by atoms with E-state index in [9.17, 15) is 4.79 Å². The topological polar surface area (TPSA) is 47.6 Å². The van der Waals surface area contributed by atoms with Gasteiger partial charge in [0.15, 0.2) is 0 Å². The van der Waals surface area contributed by atoms with Gasteiger partial charge in [-0.25, -0.2) is 0 Å². The van der Waals surface area contributed by atoms with E-state index in [1.807, 2.05) is 0 Å². The highest BCUT2D eigenvalue weighted by molar-refractivity contribution is 5.81. The summed E-state index contributed by atoms with van der Waals surface area (Å²) in [5.74, 6) is -0.145. The minimum Gasteiger partial charge on any atom is -0.468 e. The predicted molar refractivity (Wildman–Crippen MR) is 80.7 cm³/mol. The fourth-order valence-electron chi connectivity index (χ4n) is 2.65. The first kappa shape index (κ1) is 17.4. The van der Waals surface area contributed by atoms with Crippen molar-refractivity contribution in [3.05, 3.63) is 0 Å². The molecule has 1 saturated carbocycles. The number of carbonyl (C=O) groups excluding carboxylic acids is 1. The fourth-order valence-corrected chi connectivity index (χ4v) is 2.65. The highest BCUT2D eigenvalue weighted by Crippen LogP contribution is 2.33. The summed E-state index contributed by atoms with van der Waals surface area (Å²) in [5.41, 5.74) is -0.240. The third-order valence-corrected chi connectivity index (χ3v) is 3.96. The van der Waals surface area contributed by atoms with E-state index < -0.39 is 5.54 Å². The third-order valence-electron chi connectivity index (χ3n) is 3.96. The van der Waals surface area contributed by atoms with Gasteiger partial charge in [0.05, 0.1) is 13.2 Å².